The summed E-state index contributed by atoms with van der Waals surface area (Å²) in [6.07, 6.45) is 2.17. The number of carbonyl (C=O) groups excluding carboxylic acids is 2. The van der Waals surface area contributed by atoms with Crippen molar-refractivity contribution in [3.8, 4) is 0 Å². The Kier molecular flexibility index (Phi) is 6.43. The summed E-state index contributed by atoms with van der Waals surface area (Å²) in [5.74, 6) is 0.0155. The van der Waals surface area contributed by atoms with E-state index >= 15 is 0 Å². The van der Waals surface area contributed by atoms with E-state index < -0.39 is 15.9 Å². The maximum absolute atomic E-state index is 13.3. The molecule has 0 aliphatic carbocycles. The summed E-state index contributed by atoms with van der Waals surface area (Å²) in [5, 5.41) is 2.82. The van der Waals surface area contributed by atoms with E-state index in [4.69, 9.17) is 4.42 Å². The smallest absolute Gasteiger partial charge is 0.268 e. The molecule has 0 atom stereocenters. The van der Waals surface area contributed by atoms with Gasteiger partial charge in [0, 0.05) is 24.1 Å². The molecule has 0 saturated carbocycles. The predicted octanol–water partition coefficient (Wildman–Crippen LogP) is 3.97. The molecule has 176 valence electrons. The summed E-state index contributed by atoms with van der Waals surface area (Å²) in [7, 11) is -3.99. The maximum Gasteiger partial charge on any atom is 0.268 e. The van der Waals surface area contributed by atoms with Crippen LogP contribution in [0.1, 0.15) is 45.3 Å². The van der Waals surface area contributed by atoms with Gasteiger partial charge in [0.2, 0.25) is 0 Å². The summed E-state index contributed by atoms with van der Waals surface area (Å²) in [4.78, 5) is 25.3. The lowest BCUT2D eigenvalue weighted by molar-refractivity contribution is -0.122. The summed E-state index contributed by atoms with van der Waals surface area (Å²) < 4.78 is 32.7. The maximum atomic E-state index is 13.3. The predicted molar refractivity (Wildman–Crippen MR) is 129 cm³/mol. The van der Waals surface area contributed by atoms with Crippen LogP contribution in [-0.4, -0.2) is 31.1 Å². The second-order valence-electron chi connectivity index (χ2n) is 8.35. The summed E-state index contributed by atoms with van der Waals surface area (Å²) in [6, 6.07) is 15.6. The highest BCUT2D eigenvalue weighted by atomic mass is 32.2. The molecule has 8 heteroatoms. The number of carbonyl (C=O) groups is 2. The van der Waals surface area contributed by atoms with Crippen molar-refractivity contribution in [1.29, 1.82) is 0 Å². The molecule has 0 fully saturated rings. The molecule has 2 heterocycles. The fourth-order valence-corrected chi connectivity index (χ4v) is 5.68. The van der Waals surface area contributed by atoms with Gasteiger partial charge in [-0.25, -0.2) is 12.7 Å². The number of aryl methyl sites for hydroxylation is 2. The van der Waals surface area contributed by atoms with E-state index in [2.05, 4.69) is 5.32 Å². The average molecular weight is 479 g/mol. The van der Waals surface area contributed by atoms with Gasteiger partial charge in [-0.2, -0.15) is 0 Å². The Balaban J connectivity index is 1.46. The fraction of sp³-hybridized carbons (Fsp3) is 0.231. The van der Waals surface area contributed by atoms with Crippen LogP contribution in [0, 0.1) is 13.8 Å². The van der Waals surface area contributed by atoms with Gasteiger partial charge in [-0.1, -0.05) is 30.3 Å². The molecule has 1 N–H and O–H groups in total. The Morgan fingerprint density at radius 1 is 1.00 bits per heavy atom. The molecule has 0 spiro atoms. The molecule has 0 saturated heterocycles. The largest absolute Gasteiger partial charge is 0.469 e. The van der Waals surface area contributed by atoms with Crippen molar-refractivity contribution < 1.29 is 22.4 Å². The molecular weight excluding hydrogens is 452 g/mol. The molecule has 2 aromatic carbocycles. The number of hydrogen-bond acceptors (Lipinski definition) is 5. The number of hydrogen-bond donors (Lipinski definition) is 1. The number of nitrogens with one attached hydrogen (secondary N) is 1. The van der Waals surface area contributed by atoms with Gasteiger partial charge in [0.15, 0.2) is 0 Å². The van der Waals surface area contributed by atoms with Crippen molar-refractivity contribution in [3.05, 3.63) is 100 Å². The Bertz CT molecular complexity index is 1370. The van der Waals surface area contributed by atoms with Crippen LogP contribution in [-0.2, 0) is 27.8 Å². The average Bonchev–Trinajstić information content (AvgIpc) is 3.38. The molecule has 34 heavy (non-hydrogen) atoms. The first-order valence-corrected chi connectivity index (χ1v) is 12.4. The zero-order valence-corrected chi connectivity index (χ0v) is 20.1. The second kappa shape index (κ2) is 9.30. The first-order chi connectivity index (χ1) is 16.2. The quantitative estimate of drug-likeness (QED) is 0.554. The highest BCUT2D eigenvalue weighted by Gasteiger charge is 2.42. The van der Waals surface area contributed by atoms with Gasteiger partial charge in [-0.3, -0.25) is 9.59 Å². The number of amides is 2. The third kappa shape index (κ3) is 4.54. The van der Waals surface area contributed by atoms with Crippen LogP contribution in [0.5, 0.6) is 0 Å². The Morgan fingerprint density at radius 2 is 1.74 bits per heavy atom. The number of furan rings is 1. The third-order valence-electron chi connectivity index (χ3n) is 5.98. The minimum Gasteiger partial charge on any atom is -0.469 e. The van der Waals surface area contributed by atoms with Gasteiger partial charge in [0.25, 0.3) is 21.8 Å². The zero-order chi connectivity index (χ0) is 24.5. The fourth-order valence-electron chi connectivity index (χ4n) is 3.89. The van der Waals surface area contributed by atoms with Crippen LogP contribution in [0.4, 0.5) is 0 Å². The van der Waals surface area contributed by atoms with Crippen molar-refractivity contribution in [2.24, 2.45) is 0 Å². The topological polar surface area (TPSA) is 96.7 Å². The van der Waals surface area contributed by atoms with Gasteiger partial charge in [-0.05, 0) is 67.3 Å². The van der Waals surface area contributed by atoms with E-state index in [0.717, 1.165) is 21.2 Å². The minimum absolute atomic E-state index is 0.0492. The zero-order valence-electron chi connectivity index (χ0n) is 19.3. The van der Waals surface area contributed by atoms with Crippen molar-refractivity contribution >= 4 is 26.7 Å². The molecule has 2 amide bonds. The first-order valence-electron chi connectivity index (χ1n) is 10.9. The first kappa shape index (κ1) is 23.5. The van der Waals surface area contributed by atoms with E-state index in [1.54, 1.807) is 55.7 Å². The Morgan fingerprint density at radius 3 is 2.38 bits per heavy atom. The van der Waals surface area contributed by atoms with Crippen LogP contribution in [0.15, 0.2) is 70.9 Å². The monoisotopic (exact) mass is 478 g/mol. The van der Waals surface area contributed by atoms with Crippen LogP contribution in [0.2, 0.25) is 0 Å². The van der Waals surface area contributed by atoms with Crippen LogP contribution >= 0.6 is 0 Å². The van der Waals surface area contributed by atoms with Crippen LogP contribution in [0.25, 0.3) is 4.91 Å². The van der Waals surface area contributed by atoms with E-state index in [9.17, 15) is 18.0 Å². The molecule has 3 aromatic rings. The standard InChI is InChI=1S/C26H26N2O5S/c1-17-6-9-22(15-18(17)2)24-19(3)26(30)28(34(24,31)32)16-20-7-10-21(11-8-20)25(29)27-13-12-23-5-4-14-33-23/h4-11,14-15H,12-13,16H2,1-3H3,(H,27,29). The van der Waals surface area contributed by atoms with E-state index in [0.29, 0.717) is 29.7 Å². The number of sulfonamides is 1. The molecule has 1 aliphatic heterocycles. The molecular formula is C26H26N2O5S. The van der Waals surface area contributed by atoms with Crippen molar-refractivity contribution in [2.75, 3.05) is 6.54 Å². The minimum atomic E-state index is -3.99. The summed E-state index contributed by atoms with van der Waals surface area (Å²) in [6.45, 7) is 5.73. The molecule has 1 aliphatic rings. The Hall–Kier alpha value is -3.65. The van der Waals surface area contributed by atoms with E-state index in [1.807, 2.05) is 26.0 Å². The highest BCUT2D eigenvalue weighted by Crippen LogP contribution is 2.37. The van der Waals surface area contributed by atoms with Gasteiger partial charge < -0.3 is 9.73 Å². The number of benzene rings is 2. The summed E-state index contributed by atoms with van der Waals surface area (Å²) >= 11 is 0. The lowest BCUT2D eigenvalue weighted by Crippen LogP contribution is -2.31. The van der Waals surface area contributed by atoms with Gasteiger partial charge in [0.1, 0.15) is 10.7 Å². The Labute approximate surface area is 199 Å². The second-order valence-corrected chi connectivity index (χ2v) is 10.2. The molecule has 7 nitrogen and oxygen atoms in total. The normalized spacial score (nSPS) is 15.1. The molecule has 1 aromatic heterocycles. The van der Waals surface area contributed by atoms with Gasteiger partial charge >= 0.3 is 0 Å². The number of nitrogens with zero attached hydrogens (tertiary/aromatic N) is 1. The van der Waals surface area contributed by atoms with Gasteiger partial charge in [0.05, 0.1) is 12.8 Å². The molecule has 4 rings (SSSR count). The van der Waals surface area contributed by atoms with Crippen molar-refractivity contribution in [2.45, 2.75) is 33.7 Å². The molecule has 0 radical (unpaired) electrons. The molecule has 0 bridgehead atoms. The van der Waals surface area contributed by atoms with Crippen LogP contribution < -0.4 is 5.32 Å². The lowest BCUT2D eigenvalue weighted by Gasteiger charge is -2.17. The van der Waals surface area contributed by atoms with Crippen molar-refractivity contribution in [1.82, 2.24) is 9.62 Å². The van der Waals surface area contributed by atoms with E-state index in [-0.39, 0.29) is 22.9 Å². The molecule has 0 unspecified atom stereocenters. The van der Waals surface area contributed by atoms with Crippen LogP contribution in [0.3, 0.4) is 0 Å². The summed E-state index contributed by atoms with van der Waals surface area (Å²) in [5.41, 5.74) is 3.78. The third-order valence-corrected chi connectivity index (χ3v) is 7.92. The lowest BCUT2D eigenvalue weighted by atomic mass is 10.0. The van der Waals surface area contributed by atoms with Gasteiger partial charge in [-0.15, -0.1) is 0 Å². The van der Waals surface area contributed by atoms with E-state index in [1.165, 1.54) is 0 Å². The number of rotatable bonds is 7. The highest BCUT2D eigenvalue weighted by molar-refractivity contribution is 7.99. The SMILES string of the molecule is CC1=C(c2ccc(C)c(C)c2)S(=O)(=O)N(Cc2ccc(C(=O)NCCc3ccco3)cc2)C1=O. The van der Waals surface area contributed by atoms with Crippen molar-refractivity contribution in [3.63, 3.8) is 0 Å².